The third-order valence-electron chi connectivity index (χ3n) is 4.44. The summed E-state index contributed by atoms with van der Waals surface area (Å²) in [6.45, 7) is 6.31. The van der Waals surface area contributed by atoms with Gasteiger partial charge in [0.2, 0.25) is 0 Å². The molecule has 2 aromatic carbocycles. The molecule has 0 saturated heterocycles. The largest absolute Gasteiger partial charge is 0.389 e. The van der Waals surface area contributed by atoms with Crippen LogP contribution in [-0.2, 0) is 4.74 Å². The number of aliphatic hydroxyl groups excluding tert-OH is 1. The van der Waals surface area contributed by atoms with Crippen LogP contribution in [0.4, 0.5) is 0 Å². The molecule has 25 heavy (non-hydrogen) atoms. The molecule has 2 rings (SSSR count). The molecule has 0 aliphatic rings. The highest BCUT2D eigenvalue weighted by molar-refractivity contribution is 5.94. The smallest absolute Gasteiger partial charge is 0.251 e. The van der Waals surface area contributed by atoms with E-state index in [9.17, 15) is 9.90 Å². The number of rotatable bonds is 7. The minimum Gasteiger partial charge on any atom is -0.389 e. The van der Waals surface area contributed by atoms with Gasteiger partial charge in [-0.05, 0) is 56.0 Å². The molecule has 0 bridgehead atoms. The van der Waals surface area contributed by atoms with Gasteiger partial charge in [0.15, 0.2) is 0 Å². The molecule has 134 valence electrons. The van der Waals surface area contributed by atoms with Crippen LogP contribution in [0.25, 0.3) is 11.1 Å². The van der Waals surface area contributed by atoms with E-state index in [2.05, 4.69) is 5.32 Å². The molecule has 0 spiro atoms. The molecule has 4 heteroatoms. The number of amides is 1. The van der Waals surface area contributed by atoms with Crippen molar-refractivity contribution in [2.75, 3.05) is 13.7 Å². The number of methoxy groups -OCH3 is 1. The monoisotopic (exact) mass is 341 g/mol. The van der Waals surface area contributed by atoms with E-state index in [0.717, 1.165) is 23.1 Å². The second-order valence-corrected chi connectivity index (χ2v) is 6.85. The molecule has 2 aromatic rings. The number of hydrogen-bond acceptors (Lipinski definition) is 3. The Morgan fingerprint density at radius 2 is 1.60 bits per heavy atom. The van der Waals surface area contributed by atoms with Crippen LogP contribution < -0.4 is 5.32 Å². The maximum absolute atomic E-state index is 12.2. The average Bonchev–Trinajstić information content (AvgIpc) is 2.61. The minimum absolute atomic E-state index is 0.0806. The van der Waals surface area contributed by atoms with Crippen molar-refractivity contribution < 1.29 is 14.6 Å². The van der Waals surface area contributed by atoms with Gasteiger partial charge in [-0.2, -0.15) is 0 Å². The molecule has 2 N–H and O–H groups in total. The summed E-state index contributed by atoms with van der Waals surface area (Å²) >= 11 is 0. The fourth-order valence-electron chi connectivity index (χ4n) is 2.45. The number of aliphatic hydroxyl groups is 1. The van der Waals surface area contributed by atoms with Gasteiger partial charge in [-0.25, -0.2) is 0 Å². The Hall–Kier alpha value is -2.17. The molecule has 0 radical (unpaired) electrons. The minimum atomic E-state index is -0.469. The second-order valence-electron chi connectivity index (χ2n) is 6.85. The summed E-state index contributed by atoms with van der Waals surface area (Å²) in [7, 11) is 1.67. The zero-order chi connectivity index (χ0) is 18.4. The predicted octanol–water partition coefficient (Wildman–Crippen LogP) is 3.95. The lowest BCUT2D eigenvalue weighted by atomic mass is 10.0. The van der Waals surface area contributed by atoms with Gasteiger partial charge in [0.1, 0.15) is 0 Å². The van der Waals surface area contributed by atoms with Crippen LogP contribution in [0.3, 0.4) is 0 Å². The molecule has 0 aliphatic heterocycles. The topological polar surface area (TPSA) is 58.6 Å². The van der Waals surface area contributed by atoms with Crippen LogP contribution in [0.15, 0.2) is 48.5 Å². The summed E-state index contributed by atoms with van der Waals surface area (Å²) in [6, 6.07) is 15.3. The van der Waals surface area contributed by atoms with Crippen LogP contribution in [0.5, 0.6) is 0 Å². The Labute approximate surface area is 149 Å². The van der Waals surface area contributed by atoms with E-state index in [0.29, 0.717) is 12.1 Å². The first kappa shape index (κ1) is 19.2. The van der Waals surface area contributed by atoms with Crippen molar-refractivity contribution in [3.8, 4) is 11.1 Å². The van der Waals surface area contributed by atoms with E-state index in [1.165, 1.54) is 0 Å². The normalized spacial score (nSPS) is 12.7. The van der Waals surface area contributed by atoms with E-state index >= 15 is 0 Å². The van der Waals surface area contributed by atoms with Gasteiger partial charge in [0.25, 0.3) is 5.91 Å². The zero-order valence-electron chi connectivity index (χ0n) is 15.4. The summed E-state index contributed by atoms with van der Waals surface area (Å²) < 4.78 is 5.35. The van der Waals surface area contributed by atoms with E-state index in [4.69, 9.17) is 4.74 Å². The van der Waals surface area contributed by atoms with Gasteiger partial charge in [-0.1, -0.05) is 36.4 Å². The van der Waals surface area contributed by atoms with Crippen molar-refractivity contribution in [2.45, 2.75) is 38.9 Å². The molecular weight excluding hydrogens is 314 g/mol. The third kappa shape index (κ3) is 5.41. The molecule has 0 heterocycles. The van der Waals surface area contributed by atoms with Crippen molar-refractivity contribution >= 4 is 5.91 Å². The first-order valence-electron chi connectivity index (χ1n) is 8.54. The van der Waals surface area contributed by atoms with E-state index in [1.54, 1.807) is 14.0 Å². The molecule has 1 unspecified atom stereocenters. The standard InChI is InChI=1S/C21H27NO3/c1-15(23)16-5-7-17(8-6-16)18-9-11-19(12-10-18)20(24)22-14-13-21(2,3)25-4/h5-12,15,23H,13-14H2,1-4H3,(H,22,24). The third-order valence-corrected chi connectivity index (χ3v) is 4.44. The number of hydrogen-bond donors (Lipinski definition) is 2. The van der Waals surface area contributed by atoms with Crippen molar-refractivity contribution in [1.82, 2.24) is 5.32 Å². The number of carbonyl (C=O) groups excluding carboxylic acids is 1. The van der Waals surface area contributed by atoms with Crippen molar-refractivity contribution in [1.29, 1.82) is 0 Å². The summed E-state index contributed by atoms with van der Waals surface area (Å²) in [5.41, 5.74) is 3.38. The van der Waals surface area contributed by atoms with E-state index in [-0.39, 0.29) is 11.5 Å². The molecular formula is C21H27NO3. The summed E-state index contributed by atoms with van der Waals surface area (Å²) in [5.74, 6) is -0.0806. The quantitative estimate of drug-likeness (QED) is 0.801. The fourth-order valence-corrected chi connectivity index (χ4v) is 2.45. The Balaban J connectivity index is 1.98. The van der Waals surface area contributed by atoms with Crippen molar-refractivity contribution in [3.05, 3.63) is 59.7 Å². The lowest BCUT2D eigenvalue weighted by Crippen LogP contribution is -2.32. The Bertz CT molecular complexity index is 688. The molecule has 4 nitrogen and oxygen atoms in total. The molecule has 0 aliphatic carbocycles. The zero-order valence-corrected chi connectivity index (χ0v) is 15.4. The van der Waals surface area contributed by atoms with Crippen LogP contribution in [0, 0.1) is 0 Å². The molecule has 0 saturated carbocycles. The van der Waals surface area contributed by atoms with Crippen molar-refractivity contribution in [2.24, 2.45) is 0 Å². The lowest BCUT2D eigenvalue weighted by molar-refractivity contribution is 0.0160. The highest BCUT2D eigenvalue weighted by atomic mass is 16.5. The van der Waals surface area contributed by atoms with Gasteiger partial charge in [0, 0.05) is 19.2 Å². The number of nitrogens with one attached hydrogen (secondary N) is 1. The summed E-state index contributed by atoms with van der Waals surface area (Å²) in [6.07, 6.45) is 0.284. The van der Waals surface area contributed by atoms with Crippen LogP contribution in [0.1, 0.15) is 49.2 Å². The van der Waals surface area contributed by atoms with Gasteiger partial charge >= 0.3 is 0 Å². The lowest BCUT2D eigenvalue weighted by Gasteiger charge is -2.22. The van der Waals surface area contributed by atoms with Gasteiger partial charge in [-0.15, -0.1) is 0 Å². The molecule has 1 atom stereocenters. The second kappa shape index (κ2) is 8.28. The van der Waals surface area contributed by atoms with Crippen LogP contribution in [-0.4, -0.2) is 30.3 Å². The van der Waals surface area contributed by atoms with E-state index < -0.39 is 6.10 Å². The first-order valence-corrected chi connectivity index (χ1v) is 8.54. The van der Waals surface area contributed by atoms with E-state index in [1.807, 2.05) is 62.4 Å². The maximum Gasteiger partial charge on any atom is 0.251 e. The molecule has 0 fully saturated rings. The molecule has 0 aromatic heterocycles. The van der Waals surface area contributed by atoms with Crippen molar-refractivity contribution in [3.63, 3.8) is 0 Å². The summed E-state index contributed by atoms with van der Waals surface area (Å²) in [5, 5.41) is 12.5. The highest BCUT2D eigenvalue weighted by Gasteiger charge is 2.16. The predicted molar refractivity (Wildman–Crippen MR) is 101 cm³/mol. The molecule has 1 amide bonds. The van der Waals surface area contributed by atoms with Crippen LogP contribution in [0.2, 0.25) is 0 Å². The number of benzene rings is 2. The van der Waals surface area contributed by atoms with Gasteiger partial charge in [-0.3, -0.25) is 4.79 Å². The fraction of sp³-hybridized carbons (Fsp3) is 0.381. The summed E-state index contributed by atoms with van der Waals surface area (Å²) in [4.78, 5) is 12.2. The number of ether oxygens (including phenoxy) is 1. The Kier molecular flexibility index (Phi) is 6.34. The SMILES string of the molecule is COC(C)(C)CCNC(=O)c1ccc(-c2ccc(C(C)O)cc2)cc1. The van der Waals surface area contributed by atoms with Gasteiger partial charge < -0.3 is 15.2 Å². The first-order chi connectivity index (χ1) is 11.8. The maximum atomic E-state index is 12.2. The van der Waals surface area contributed by atoms with Crippen LogP contribution >= 0.6 is 0 Å². The number of carbonyl (C=O) groups is 1. The Morgan fingerprint density at radius 1 is 1.08 bits per heavy atom. The Morgan fingerprint density at radius 3 is 2.08 bits per heavy atom. The van der Waals surface area contributed by atoms with Gasteiger partial charge in [0.05, 0.1) is 11.7 Å². The average molecular weight is 341 g/mol. The highest BCUT2D eigenvalue weighted by Crippen LogP contribution is 2.22.